The molecule has 0 saturated heterocycles. The molecule has 88 valence electrons. The van der Waals surface area contributed by atoms with Crippen molar-refractivity contribution in [2.45, 2.75) is 31.7 Å². The molecule has 6 heteroatoms. The third-order valence-corrected chi connectivity index (χ3v) is 4.03. The van der Waals surface area contributed by atoms with Crippen LogP contribution in [0.4, 0.5) is 5.13 Å². The first-order valence-corrected chi connectivity index (χ1v) is 6.58. The molecule has 4 nitrogen and oxygen atoms in total. The average Bonchev–Trinajstić information content (AvgIpc) is 2.65. The molecule has 0 unspecified atom stereocenters. The van der Waals surface area contributed by atoms with Gasteiger partial charge in [0.1, 0.15) is 5.15 Å². The van der Waals surface area contributed by atoms with Gasteiger partial charge in [-0.25, -0.2) is 4.98 Å². The van der Waals surface area contributed by atoms with Gasteiger partial charge in [0.05, 0.1) is 0 Å². The molecule has 0 aliphatic heterocycles. The first kappa shape index (κ1) is 11.7. The highest BCUT2D eigenvalue weighted by molar-refractivity contribution is 7.14. The summed E-state index contributed by atoms with van der Waals surface area (Å²) in [4.78, 5) is 15.1. The summed E-state index contributed by atoms with van der Waals surface area (Å²) in [6.45, 7) is 0. The van der Waals surface area contributed by atoms with Gasteiger partial charge in [0.2, 0.25) is 5.91 Å². The molecule has 1 heterocycles. The Hall–Kier alpha value is -0.810. The van der Waals surface area contributed by atoms with Crippen LogP contribution >= 0.6 is 22.9 Å². The molecule has 0 radical (unpaired) electrons. The first-order chi connectivity index (χ1) is 7.65. The van der Waals surface area contributed by atoms with Gasteiger partial charge in [-0.2, -0.15) is 0 Å². The lowest BCUT2D eigenvalue weighted by molar-refractivity contribution is -0.122. The van der Waals surface area contributed by atoms with Gasteiger partial charge in [0, 0.05) is 17.3 Å². The monoisotopic (exact) mass is 259 g/mol. The maximum absolute atomic E-state index is 11.0. The number of aromatic nitrogens is 1. The minimum Gasteiger partial charge on any atom is -0.369 e. The molecular weight excluding hydrogens is 246 g/mol. The fourth-order valence-corrected chi connectivity index (χ4v) is 2.93. The molecule has 0 aromatic carbocycles. The lowest BCUT2D eigenvalue weighted by Crippen LogP contribution is -2.32. The van der Waals surface area contributed by atoms with Crippen molar-refractivity contribution >= 4 is 34.0 Å². The zero-order valence-electron chi connectivity index (χ0n) is 8.78. The van der Waals surface area contributed by atoms with E-state index in [0.717, 1.165) is 30.8 Å². The van der Waals surface area contributed by atoms with Gasteiger partial charge in [-0.3, -0.25) is 4.79 Å². The maximum Gasteiger partial charge on any atom is 0.220 e. The Morgan fingerprint density at radius 1 is 1.50 bits per heavy atom. The predicted octanol–water partition coefficient (Wildman–Crippen LogP) is 2.25. The van der Waals surface area contributed by atoms with Crippen LogP contribution in [-0.2, 0) is 4.79 Å². The molecule has 0 bridgehead atoms. The van der Waals surface area contributed by atoms with E-state index in [-0.39, 0.29) is 11.8 Å². The Kier molecular flexibility index (Phi) is 3.66. The summed E-state index contributed by atoms with van der Waals surface area (Å²) >= 11 is 7.25. The lowest BCUT2D eigenvalue weighted by Gasteiger charge is -2.27. The highest BCUT2D eigenvalue weighted by atomic mass is 35.5. The number of nitrogens with one attached hydrogen (secondary N) is 1. The van der Waals surface area contributed by atoms with E-state index >= 15 is 0 Å². The number of thiazole rings is 1. The number of primary amides is 1. The number of rotatable bonds is 3. The van der Waals surface area contributed by atoms with Crippen LogP contribution < -0.4 is 11.1 Å². The van der Waals surface area contributed by atoms with Gasteiger partial charge < -0.3 is 11.1 Å². The van der Waals surface area contributed by atoms with E-state index in [1.54, 1.807) is 5.38 Å². The van der Waals surface area contributed by atoms with Crippen molar-refractivity contribution in [1.82, 2.24) is 4.98 Å². The third kappa shape index (κ3) is 2.86. The Morgan fingerprint density at radius 2 is 2.19 bits per heavy atom. The van der Waals surface area contributed by atoms with Gasteiger partial charge in [0.15, 0.2) is 5.13 Å². The van der Waals surface area contributed by atoms with Crippen molar-refractivity contribution in [3.63, 3.8) is 0 Å². The van der Waals surface area contributed by atoms with Gasteiger partial charge in [-0.15, -0.1) is 11.3 Å². The molecule has 0 spiro atoms. The van der Waals surface area contributed by atoms with Crippen molar-refractivity contribution < 1.29 is 4.79 Å². The van der Waals surface area contributed by atoms with Crippen molar-refractivity contribution in [3.8, 4) is 0 Å². The largest absolute Gasteiger partial charge is 0.369 e. The van der Waals surface area contributed by atoms with Crippen LogP contribution in [0.5, 0.6) is 0 Å². The average molecular weight is 260 g/mol. The molecule has 1 aromatic rings. The van der Waals surface area contributed by atoms with Crippen LogP contribution in [0, 0.1) is 5.92 Å². The van der Waals surface area contributed by atoms with Gasteiger partial charge >= 0.3 is 0 Å². The molecular formula is C10H14ClN3OS. The minimum atomic E-state index is -0.171. The first-order valence-electron chi connectivity index (χ1n) is 5.32. The summed E-state index contributed by atoms with van der Waals surface area (Å²) in [6.07, 6.45) is 3.66. The molecule has 0 atom stereocenters. The number of amides is 1. The number of nitrogens with zero attached hydrogens (tertiary/aromatic N) is 1. The lowest BCUT2D eigenvalue weighted by atomic mass is 9.86. The van der Waals surface area contributed by atoms with Crippen molar-refractivity contribution in [1.29, 1.82) is 0 Å². The summed E-state index contributed by atoms with van der Waals surface area (Å²) in [5.74, 6) is -0.117. The Balaban J connectivity index is 1.83. The smallest absolute Gasteiger partial charge is 0.220 e. The quantitative estimate of drug-likeness (QED) is 0.875. The van der Waals surface area contributed by atoms with E-state index in [0.29, 0.717) is 11.2 Å². The van der Waals surface area contributed by atoms with Crippen molar-refractivity contribution in [3.05, 3.63) is 10.5 Å². The molecule has 1 aliphatic carbocycles. The van der Waals surface area contributed by atoms with E-state index in [2.05, 4.69) is 10.3 Å². The summed E-state index contributed by atoms with van der Waals surface area (Å²) < 4.78 is 0. The van der Waals surface area contributed by atoms with Crippen molar-refractivity contribution in [2.24, 2.45) is 11.7 Å². The topological polar surface area (TPSA) is 68.0 Å². The third-order valence-electron chi connectivity index (χ3n) is 2.93. The zero-order chi connectivity index (χ0) is 11.5. The van der Waals surface area contributed by atoms with E-state index in [4.69, 9.17) is 17.3 Å². The van der Waals surface area contributed by atoms with Crippen LogP contribution in [0.2, 0.25) is 5.15 Å². The number of anilines is 1. The predicted molar refractivity (Wildman–Crippen MR) is 65.7 cm³/mol. The molecule has 1 saturated carbocycles. The van der Waals surface area contributed by atoms with Crippen LogP contribution in [-0.4, -0.2) is 16.9 Å². The number of carbonyl (C=O) groups excluding carboxylic acids is 1. The fraction of sp³-hybridized carbons (Fsp3) is 0.600. The van der Waals surface area contributed by atoms with E-state index < -0.39 is 0 Å². The van der Waals surface area contributed by atoms with E-state index in [1.165, 1.54) is 11.3 Å². The highest BCUT2D eigenvalue weighted by Crippen LogP contribution is 2.28. The molecule has 16 heavy (non-hydrogen) atoms. The van der Waals surface area contributed by atoms with E-state index in [9.17, 15) is 4.79 Å². The highest BCUT2D eigenvalue weighted by Gasteiger charge is 2.24. The van der Waals surface area contributed by atoms with Crippen LogP contribution in [0.1, 0.15) is 25.7 Å². The van der Waals surface area contributed by atoms with Gasteiger partial charge in [0.25, 0.3) is 0 Å². The Bertz CT molecular complexity index is 374. The second-order valence-corrected chi connectivity index (χ2v) is 5.32. The number of hydrogen-bond donors (Lipinski definition) is 2. The summed E-state index contributed by atoms with van der Waals surface area (Å²) in [5.41, 5.74) is 5.28. The van der Waals surface area contributed by atoms with E-state index in [1.807, 2.05) is 0 Å². The normalized spacial score (nSPS) is 25.3. The molecule has 1 aliphatic rings. The number of hydrogen-bond acceptors (Lipinski definition) is 4. The number of carbonyl (C=O) groups is 1. The maximum atomic E-state index is 11.0. The van der Waals surface area contributed by atoms with Crippen molar-refractivity contribution in [2.75, 3.05) is 5.32 Å². The Morgan fingerprint density at radius 3 is 2.69 bits per heavy atom. The summed E-state index contributed by atoms with van der Waals surface area (Å²) in [7, 11) is 0. The molecule has 2 rings (SSSR count). The number of halogens is 1. The SMILES string of the molecule is NC(=O)C1CCC(Nc2nc(Cl)cs2)CC1. The molecule has 3 N–H and O–H groups in total. The molecule has 1 aromatic heterocycles. The minimum absolute atomic E-state index is 0.0536. The van der Waals surface area contributed by atoms with Gasteiger partial charge in [-0.05, 0) is 25.7 Å². The van der Waals surface area contributed by atoms with Crippen LogP contribution in [0.15, 0.2) is 5.38 Å². The standard InChI is InChI=1S/C10H14ClN3OS/c11-8-5-16-10(14-8)13-7-3-1-6(2-4-7)9(12)15/h5-7H,1-4H2,(H2,12,15)(H,13,14). The fourth-order valence-electron chi connectivity index (χ4n) is 2.02. The second-order valence-electron chi connectivity index (χ2n) is 4.07. The summed E-state index contributed by atoms with van der Waals surface area (Å²) in [5, 5.41) is 6.52. The molecule has 1 amide bonds. The molecule has 1 fully saturated rings. The van der Waals surface area contributed by atoms with Crippen LogP contribution in [0.25, 0.3) is 0 Å². The Labute approximate surface area is 103 Å². The zero-order valence-corrected chi connectivity index (χ0v) is 10.4. The number of nitrogens with two attached hydrogens (primary N) is 1. The summed E-state index contributed by atoms with van der Waals surface area (Å²) in [6, 6.07) is 0.387. The van der Waals surface area contributed by atoms with Gasteiger partial charge in [-0.1, -0.05) is 11.6 Å². The van der Waals surface area contributed by atoms with Crippen LogP contribution in [0.3, 0.4) is 0 Å². The second kappa shape index (κ2) is 5.01.